The first kappa shape index (κ1) is 15.1. The van der Waals surface area contributed by atoms with Crippen LogP contribution in [0.5, 0.6) is 0 Å². The van der Waals surface area contributed by atoms with Crippen molar-refractivity contribution in [2.45, 2.75) is 32.1 Å². The van der Waals surface area contributed by atoms with Crippen molar-refractivity contribution < 1.29 is 0 Å². The molecule has 0 saturated carbocycles. The SMILES string of the molecule is CC(C)c1ccc(C(CCN)c2ccc(Cl)cc2)cc1. The highest BCUT2D eigenvalue weighted by molar-refractivity contribution is 6.30. The zero-order chi connectivity index (χ0) is 14.5. The standard InChI is InChI=1S/C18H22ClN/c1-13(2)14-3-5-15(6-4-14)18(11-12-20)16-7-9-17(19)10-8-16/h3-10,13,18H,11-12,20H2,1-2H3. The zero-order valence-corrected chi connectivity index (χ0v) is 12.9. The average molecular weight is 288 g/mol. The van der Waals surface area contributed by atoms with Crippen LogP contribution >= 0.6 is 11.6 Å². The molecule has 0 saturated heterocycles. The molecule has 2 heteroatoms. The lowest BCUT2D eigenvalue weighted by Gasteiger charge is -2.18. The third-order valence-electron chi connectivity index (χ3n) is 3.73. The van der Waals surface area contributed by atoms with E-state index in [0.29, 0.717) is 18.4 Å². The zero-order valence-electron chi connectivity index (χ0n) is 12.1. The van der Waals surface area contributed by atoms with Gasteiger partial charge in [-0.3, -0.25) is 0 Å². The molecule has 0 aliphatic rings. The maximum absolute atomic E-state index is 5.97. The summed E-state index contributed by atoms with van der Waals surface area (Å²) in [5.74, 6) is 0.908. The molecule has 1 atom stereocenters. The molecule has 106 valence electrons. The van der Waals surface area contributed by atoms with Gasteiger partial charge in [0.05, 0.1) is 0 Å². The van der Waals surface area contributed by atoms with Crippen molar-refractivity contribution in [1.82, 2.24) is 0 Å². The summed E-state index contributed by atoms with van der Waals surface area (Å²) in [5, 5.41) is 0.774. The van der Waals surface area contributed by atoms with E-state index in [1.165, 1.54) is 16.7 Å². The van der Waals surface area contributed by atoms with Gasteiger partial charge in [-0.1, -0.05) is 61.8 Å². The number of rotatable bonds is 5. The van der Waals surface area contributed by atoms with Gasteiger partial charge in [-0.2, -0.15) is 0 Å². The number of hydrogen-bond donors (Lipinski definition) is 1. The average Bonchev–Trinajstić information content (AvgIpc) is 2.46. The van der Waals surface area contributed by atoms with E-state index in [0.717, 1.165) is 11.4 Å². The predicted octanol–water partition coefficient (Wildman–Crippen LogP) is 4.94. The molecule has 0 spiro atoms. The van der Waals surface area contributed by atoms with Crippen LogP contribution in [0.1, 0.15) is 48.8 Å². The smallest absolute Gasteiger partial charge is 0.0406 e. The third kappa shape index (κ3) is 3.62. The molecule has 1 nitrogen and oxygen atoms in total. The van der Waals surface area contributed by atoms with Crippen molar-refractivity contribution in [3.05, 3.63) is 70.2 Å². The summed E-state index contributed by atoms with van der Waals surface area (Å²) >= 11 is 5.97. The van der Waals surface area contributed by atoms with Gasteiger partial charge in [0.2, 0.25) is 0 Å². The summed E-state index contributed by atoms with van der Waals surface area (Å²) in [6, 6.07) is 17.0. The van der Waals surface area contributed by atoms with E-state index in [1.54, 1.807) is 0 Å². The molecule has 0 aliphatic carbocycles. The van der Waals surface area contributed by atoms with E-state index in [2.05, 4.69) is 50.2 Å². The number of nitrogens with two attached hydrogens (primary N) is 1. The van der Waals surface area contributed by atoms with Gasteiger partial charge in [0.15, 0.2) is 0 Å². The summed E-state index contributed by atoms with van der Waals surface area (Å²) in [6.07, 6.45) is 0.947. The lowest BCUT2D eigenvalue weighted by molar-refractivity contribution is 0.725. The molecule has 0 amide bonds. The summed E-state index contributed by atoms with van der Waals surface area (Å²) in [4.78, 5) is 0. The van der Waals surface area contributed by atoms with E-state index in [-0.39, 0.29) is 0 Å². The van der Waals surface area contributed by atoms with Gasteiger partial charge in [0, 0.05) is 10.9 Å². The van der Waals surface area contributed by atoms with Crippen LogP contribution in [0.4, 0.5) is 0 Å². The Bertz CT molecular complexity index is 528. The molecular weight excluding hydrogens is 266 g/mol. The highest BCUT2D eigenvalue weighted by atomic mass is 35.5. The second-order valence-corrected chi connectivity index (χ2v) is 5.94. The fourth-order valence-corrected chi connectivity index (χ4v) is 2.63. The Morgan fingerprint density at radius 1 is 0.850 bits per heavy atom. The van der Waals surface area contributed by atoms with Gasteiger partial charge in [0.25, 0.3) is 0 Å². The second kappa shape index (κ2) is 6.92. The Kier molecular flexibility index (Phi) is 5.22. The van der Waals surface area contributed by atoms with Gasteiger partial charge < -0.3 is 5.73 Å². The van der Waals surface area contributed by atoms with Gasteiger partial charge in [-0.25, -0.2) is 0 Å². The Labute approximate surface area is 126 Å². The quantitative estimate of drug-likeness (QED) is 0.828. The maximum Gasteiger partial charge on any atom is 0.0406 e. The minimum absolute atomic E-state index is 0.346. The summed E-state index contributed by atoms with van der Waals surface area (Å²) < 4.78 is 0. The summed E-state index contributed by atoms with van der Waals surface area (Å²) in [6.45, 7) is 5.11. The van der Waals surface area contributed by atoms with Gasteiger partial charge in [-0.15, -0.1) is 0 Å². The molecule has 0 fully saturated rings. The van der Waals surface area contributed by atoms with E-state index in [9.17, 15) is 0 Å². The van der Waals surface area contributed by atoms with Crippen molar-refractivity contribution in [2.75, 3.05) is 6.54 Å². The molecule has 1 unspecified atom stereocenters. The van der Waals surface area contributed by atoms with Gasteiger partial charge in [-0.05, 0) is 47.7 Å². The molecule has 0 bridgehead atoms. The molecule has 20 heavy (non-hydrogen) atoms. The van der Waals surface area contributed by atoms with E-state index in [4.69, 9.17) is 17.3 Å². The normalized spacial score (nSPS) is 12.7. The number of halogens is 1. The van der Waals surface area contributed by atoms with Crippen LogP contribution in [0.15, 0.2) is 48.5 Å². The molecule has 0 radical (unpaired) electrons. The monoisotopic (exact) mass is 287 g/mol. The topological polar surface area (TPSA) is 26.0 Å². The Morgan fingerprint density at radius 2 is 1.30 bits per heavy atom. The minimum Gasteiger partial charge on any atom is -0.330 e. The van der Waals surface area contributed by atoms with Crippen molar-refractivity contribution in [3.63, 3.8) is 0 Å². The molecule has 2 rings (SSSR count). The molecule has 2 N–H and O–H groups in total. The van der Waals surface area contributed by atoms with Crippen LogP contribution < -0.4 is 5.73 Å². The van der Waals surface area contributed by atoms with E-state index in [1.807, 2.05) is 12.1 Å². The molecule has 2 aromatic rings. The fourth-order valence-electron chi connectivity index (χ4n) is 2.50. The largest absolute Gasteiger partial charge is 0.330 e. The van der Waals surface area contributed by atoms with E-state index < -0.39 is 0 Å². The first-order valence-electron chi connectivity index (χ1n) is 7.17. The maximum atomic E-state index is 5.97. The lowest BCUT2D eigenvalue weighted by Crippen LogP contribution is -2.09. The second-order valence-electron chi connectivity index (χ2n) is 5.50. The third-order valence-corrected chi connectivity index (χ3v) is 3.99. The predicted molar refractivity (Wildman–Crippen MR) is 87.5 cm³/mol. The summed E-state index contributed by atoms with van der Waals surface area (Å²) in [5.41, 5.74) is 9.75. The molecule has 0 aliphatic heterocycles. The first-order chi connectivity index (χ1) is 9.61. The van der Waals surface area contributed by atoms with E-state index >= 15 is 0 Å². The fraction of sp³-hybridized carbons (Fsp3) is 0.333. The summed E-state index contributed by atoms with van der Waals surface area (Å²) in [7, 11) is 0. The van der Waals surface area contributed by atoms with Crippen molar-refractivity contribution in [1.29, 1.82) is 0 Å². The molecule has 2 aromatic carbocycles. The van der Waals surface area contributed by atoms with Crippen molar-refractivity contribution >= 4 is 11.6 Å². The van der Waals surface area contributed by atoms with Crippen LogP contribution in [-0.2, 0) is 0 Å². The van der Waals surface area contributed by atoms with Gasteiger partial charge in [0.1, 0.15) is 0 Å². The molecule has 0 heterocycles. The van der Waals surface area contributed by atoms with Crippen LogP contribution in [0, 0.1) is 0 Å². The highest BCUT2D eigenvalue weighted by Gasteiger charge is 2.13. The van der Waals surface area contributed by atoms with Gasteiger partial charge >= 0.3 is 0 Å². The Balaban J connectivity index is 2.30. The van der Waals surface area contributed by atoms with Crippen LogP contribution in [0.2, 0.25) is 5.02 Å². The van der Waals surface area contributed by atoms with Crippen LogP contribution in [0.25, 0.3) is 0 Å². The molecular formula is C18H22ClN. The lowest BCUT2D eigenvalue weighted by atomic mass is 9.87. The highest BCUT2D eigenvalue weighted by Crippen LogP contribution is 2.29. The van der Waals surface area contributed by atoms with Crippen LogP contribution in [-0.4, -0.2) is 6.54 Å². The number of hydrogen-bond acceptors (Lipinski definition) is 1. The Hall–Kier alpha value is -1.31. The van der Waals surface area contributed by atoms with Crippen LogP contribution in [0.3, 0.4) is 0 Å². The Morgan fingerprint density at radius 3 is 1.75 bits per heavy atom. The molecule has 0 aromatic heterocycles. The first-order valence-corrected chi connectivity index (χ1v) is 7.55. The number of benzene rings is 2. The van der Waals surface area contributed by atoms with Crippen molar-refractivity contribution in [2.24, 2.45) is 5.73 Å². The van der Waals surface area contributed by atoms with Crippen molar-refractivity contribution in [3.8, 4) is 0 Å². The minimum atomic E-state index is 0.346.